The zero-order chi connectivity index (χ0) is 19.0. The molecule has 2 aromatic carbocycles. The minimum Gasteiger partial charge on any atom is -0.482 e. The van der Waals surface area contributed by atoms with Crippen molar-refractivity contribution in [2.45, 2.75) is 19.3 Å². The van der Waals surface area contributed by atoms with E-state index in [0.717, 1.165) is 19.3 Å². The Morgan fingerprint density at radius 2 is 2.00 bits per heavy atom. The van der Waals surface area contributed by atoms with Crippen molar-refractivity contribution in [3.63, 3.8) is 0 Å². The molecule has 0 unspecified atom stereocenters. The van der Waals surface area contributed by atoms with Gasteiger partial charge in [-0.3, -0.25) is 24.6 Å². The maximum absolute atomic E-state index is 12.5. The third-order valence-corrected chi connectivity index (χ3v) is 4.78. The molecule has 0 saturated heterocycles. The van der Waals surface area contributed by atoms with E-state index in [1.54, 1.807) is 0 Å². The lowest BCUT2D eigenvalue weighted by Crippen LogP contribution is -2.43. The van der Waals surface area contributed by atoms with Gasteiger partial charge in [0.2, 0.25) is 5.91 Å². The summed E-state index contributed by atoms with van der Waals surface area (Å²) in [5, 5.41) is 13.8. The van der Waals surface area contributed by atoms with E-state index in [1.807, 2.05) is 18.2 Å². The fraction of sp³-hybridized carbons (Fsp3) is 0.263. The number of carbonyl (C=O) groups excluding carboxylic acids is 2. The highest BCUT2D eigenvalue weighted by Gasteiger charge is 2.29. The highest BCUT2D eigenvalue weighted by Crippen LogP contribution is 2.35. The molecule has 1 aliphatic carbocycles. The largest absolute Gasteiger partial charge is 0.482 e. The molecule has 27 heavy (non-hydrogen) atoms. The minimum atomic E-state index is -0.553. The summed E-state index contributed by atoms with van der Waals surface area (Å²) in [4.78, 5) is 36.4. The third-order valence-electron chi connectivity index (χ3n) is 4.78. The summed E-state index contributed by atoms with van der Waals surface area (Å²) in [6.45, 7) is -0.454. The van der Waals surface area contributed by atoms with Crippen molar-refractivity contribution in [1.82, 2.24) is 0 Å². The molecule has 2 amide bonds. The molecule has 0 radical (unpaired) electrons. The number of ether oxygens (including phenoxy) is 1. The summed E-state index contributed by atoms with van der Waals surface area (Å²) in [6, 6.07) is 9.80. The van der Waals surface area contributed by atoms with Gasteiger partial charge < -0.3 is 10.1 Å². The molecule has 8 heteroatoms. The van der Waals surface area contributed by atoms with Gasteiger partial charge >= 0.3 is 0 Å². The highest BCUT2D eigenvalue weighted by molar-refractivity contribution is 6.05. The average Bonchev–Trinajstić information content (AvgIpc) is 3.11. The van der Waals surface area contributed by atoms with Gasteiger partial charge in [-0.25, -0.2) is 0 Å². The molecule has 8 nitrogen and oxygen atoms in total. The van der Waals surface area contributed by atoms with Crippen LogP contribution in [-0.2, 0) is 22.4 Å². The number of anilines is 2. The Morgan fingerprint density at radius 3 is 2.81 bits per heavy atom. The second kappa shape index (κ2) is 6.71. The molecular weight excluding hydrogens is 350 g/mol. The number of fused-ring (bicyclic) bond motifs is 2. The van der Waals surface area contributed by atoms with Crippen molar-refractivity contribution in [1.29, 1.82) is 0 Å². The van der Waals surface area contributed by atoms with E-state index < -0.39 is 10.8 Å². The molecule has 0 fully saturated rings. The predicted octanol–water partition coefficient (Wildman–Crippen LogP) is 2.45. The van der Waals surface area contributed by atoms with Crippen LogP contribution in [0, 0.1) is 10.1 Å². The van der Waals surface area contributed by atoms with Gasteiger partial charge in [0.25, 0.3) is 11.6 Å². The molecule has 1 heterocycles. The van der Waals surface area contributed by atoms with Crippen LogP contribution in [0.25, 0.3) is 0 Å². The lowest BCUT2D eigenvalue weighted by atomic mass is 10.1. The summed E-state index contributed by atoms with van der Waals surface area (Å²) in [6.07, 6.45) is 3.17. The quantitative estimate of drug-likeness (QED) is 0.661. The van der Waals surface area contributed by atoms with E-state index in [9.17, 15) is 19.7 Å². The smallest absolute Gasteiger partial charge is 0.271 e. The highest BCUT2D eigenvalue weighted by atomic mass is 16.6. The fourth-order valence-electron chi connectivity index (χ4n) is 3.47. The Morgan fingerprint density at radius 1 is 1.19 bits per heavy atom. The van der Waals surface area contributed by atoms with E-state index in [4.69, 9.17) is 4.74 Å². The van der Waals surface area contributed by atoms with E-state index in [1.165, 1.54) is 34.2 Å². The number of nitrogens with zero attached hydrogens (tertiary/aromatic N) is 2. The number of nitro groups is 1. The van der Waals surface area contributed by atoms with Gasteiger partial charge in [-0.1, -0.05) is 6.07 Å². The summed E-state index contributed by atoms with van der Waals surface area (Å²) < 4.78 is 5.31. The average molecular weight is 367 g/mol. The van der Waals surface area contributed by atoms with E-state index in [-0.39, 0.29) is 30.4 Å². The molecule has 138 valence electrons. The van der Waals surface area contributed by atoms with Crippen molar-refractivity contribution >= 4 is 28.9 Å². The number of rotatable bonds is 4. The first-order valence-electron chi connectivity index (χ1n) is 8.64. The summed E-state index contributed by atoms with van der Waals surface area (Å²) in [5.41, 5.74) is 3.27. The van der Waals surface area contributed by atoms with Crippen LogP contribution in [0.2, 0.25) is 0 Å². The summed E-state index contributed by atoms with van der Waals surface area (Å²) in [7, 11) is 0. The topological polar surface area (TPSA) is 102 Å². The van der Waals surface area contributed by atoms with E-state index >= 15 is 0 Å². The summed E-state index contributed by atoms with van der Waals surface area (Å²) in [5.74, 6) is -0.460. The Labute approximate surface area is 154 Å². The lowest BCUT2D eigenvalue weighted by Gasteiger charge is -2.28. The number of carbonyl (C=O) groups is 2. The van der Waals surface area contributed by atoms with Crippen LogP contribution in [0.3, 0.4) is 0 Å². The van der Waals surface area contributed by atoms with Crippen molar-refractivity contribution in [2.75, 3.05) is 23.4 Å². The van der Waals surface area contributed by atoms with Gasteiger partial charge in [0, 0.05) is 17.8 Å². The van der Waals surface area contributed by atoms with Crippen molar-refractivity contribution in [2.24, 2.45) is 0 Å². The molecule has 0 bridgehead atoms. The number of nitrogens with one attached hydrogen (secondary N) is 1. The monoisotopic (exact) mass is 367 g/mol. The number of aryl methyl sites for hydroxylation is 2. The maximum Gasteiger partial charge on any atom is 0.271 e. The lowest BCUT2D eigenvalue weighted by molar-refractivity contribution is -0.384. The SMILES string of the molecule is O=C(CN1C(=O)COc2ccc([N+](=O)[O-])cc21)Nc1ccc2c(c1)CCC2. The number of nitro benzene ring substituents is 1. The number of hydrogen-bond acceptors (Lipinski definition) is 5. The van der Waals surface area contributed by atoms with Crippen LogP contribution in [0.4, 0.5) is 17.1 Å². The predicted molar refractivity (Wildman–Crippen MR) is 98.0 cm³/mol. The van der Waals surface area contributed by atoms with Crippen LogP contribution in [-0.4, -0.2) is 29.9 Å². The Kier molecular flexibility index (Phi) is 4.23. The molecule has 2 aromatic rings. The second-order valence-corrected chi connectivity index (χ2v) is 6.56. The molecule has 0 spiro atoms. The first kappa shape index (κ1) is 17.0. The van der Waals surface area contributed by atoms with Gasteiger partial charge in [0.1, 0.15) is 12.3 Å². The van der Waals surface area contributed by atoms with Crippen LogP contribution in [0.1, 0.15) is 17.5 Å². The molecule has 1 N–H and O–H groups in total. The van der Waals surface area contributed by atoms with Crippen LogP contribution >= 0.6 is 0 Å². The van der Waals surface area contributed by atoms with Crippen molar-refractivity contribution < 1.29 is 19.2 Å². The zero-order valence-electron chi connectivity index (χ0n) is 14.4. The molecule has 0 atom stereocenters. The van der Waals surface area contributed by atoms with Crippen LogP contribution in [0.15, 0.2) is 36.4 Å². The Bertz CT molecular complexity index is 956. The molecule has 0 aromatic heterocycles. The number of benzene rings is 2. The van der Waals surface area contributed by atoms with Crippen molar-refractivity contribution in [3.8, 4) is 5.75 Å². The first-order chi connectivity index (χ1) is 13.0. The second-order valence-electron chi connectivity index (χ2n) is 6.56. The van der Waals surface area contributed by atoms with Crippen LogP contribution in [0.5, 0.6) is 5.75 Å². The van der Waals surface area contributed by atoms with Crippen LogP contribution < -0.4 is 15.0 Å². The van der Waals surface area contributed by atoms with Gasteiger partial charge in [-0.15, -0.1) is 0 Å². The summed E-state index contributed by atoms with van der Waals surface area (Å²) >= 11 is 0. The standard InChI is InChI=1S/C19H17N3O5/c23-18(20-14-5-4-12-2-1-3-13(12)8-14)10-21-16-9-15(22(25)26)6-7-17(16)27-11-19(21)24/h4-9H,1-3,10-11H2,(H,20,23). The fourth-order valence-corrected chi connectivity index (χ4v) is 3.47. The zero-order valence-corrected chi connectivity index (χ0v) is 14.4. The minimum absolute atomic E-state index is 0.170. The Balaban J connectivity index is 1.53. The maximum atomic E-state index is 12.5. The number of amides is 2. The van der Waals surface area contributed by atoms with E-state index in [0.29, 0.717) is 11.4 Å². The van der Waals surface area contributed by atoms with Crippen molar-refractivity contribution in [3.05, 3.63) is 57.6 Å². The van der Waals surface area contributed by atoms with Gasteiger partial charge in [-0.2, -0.15) is 0 Å². The van der Waals surface area contributed by atoms with Gasteiger partial charge in [-0.05, 0) is 48.6 Å². The molecule has 0 saturated carbocycles. The molecule has 1 aliphatic heterocycles. The van der Waals surface area contributed by atoms with E-state index in [2.05, 4.69) is 5.32 Å². The van der Waals surface area contributed by atoms with Gasteiger partial charge in [0.15, 0.2) is 6.61 Å². The van der Waals surface area contributed by atoms with Gasteiger partial charge in [0.05, 0.1) is 10.6 Å². The number of hydrogen-bond donors (Lipinski definition) is 1. The molecular formula is C19H17N3O5. The molecule has 2 aliphatic rings. The Hall–Kier alpha value is -3.42. The third kappa shape index (κ3) is 3.33. The number of non-ortho nitro benzene ring substituents is 1. The molecule has 4 rings (SSSR count). The normalized spacial score (nSPS) is 15.0. The first-order valence-corrected chi connectivity index (χ1v) is 8.64.